The Kier molecular flexibility index (Phi) is 11.2. The second-order valence-corrected chi connectivity index (χ2v) is 9.64. The number of carbonyl (C=O) groups is 2. The normalized spacial score (nSPS) is 14.7. The fraction of sp³-hybridized carbons (Fsp3) is 0.600. The highest BCUT2D eigenvalue weighted by molar-refractivity contribution is 6.26. The third-order valence-corrected chi connectivity index (χ3v) is 6.95. The van der Waals surface area contributed by atoms with Crippen LogP contribution in [0.3, 0.4) is 0 Å². The van der Waals surface area contributed by atoms with E-state index in [4.69, 9.17) is 9.47 Å². The zero-order valence-corrected chi connectivity index (χ0v) is 22.6. The standard InChI is InChI=1S/C30H44N2O4/c1-5-9-11-13-20-35-26(7-3)32(27(8-4)36-21-14-12-10-6-2)25-19-18-24-28-22(25)16-15-17-23(28)29(33)31-30(24)34/h15-19,26-27H,5-14,20-21H2,1-4H3,(H,31,33,34). The summed E-state index contributed by atoms with van der Waals surface area (Å²) < 4.78 is 12.9. The van der Waals surface area contributed by atoms with Gasteiger partial charge in [-0.1, -0.05) is 78.4 Å². The zero-order chi connectivity index (χ0) is 25.9. The highest BCUT2D eigenvalue weighted by Crippen LogP contribution is 2.37. The van der Waals surface area contributed by atoms with Gasteiger partial charge in [-0.05, 0) is 43.9 Å². The number of amides is 2. The highest BCUT2D eigenvalue weighted by Gasteiger charge is 2.31. The minimum atomic E-state index is -0.347. The Hall–Kier alpha value is -2.44. The van der Waals surface area contributed by atoms with E-state index in [1.807, 2.05) is 24.3 Å². The van der Waals surface area contributed by atoms with Crippen molar-refractivity contribution in [1.29, 1.82) is 0 Å². The maximum absolute atomic E-state index is 12.6. The summed E-state index contributed by atoms with van der Waals surface area (Å²) in [6.45, 7) is 10.1. The molecule has 3 rings (SSSR count). The summed E-state index contributed by atoms with van der Waals surface area (Å²) in [5.41, 5.74) is 2.01. The summed E-state index contributed by atoms with van der Waals surface area (Å²) in [4.78, 5) is 27.5. The van der Waals surface area contributed by atoms with Gasteiger partial charge in [0.25, 0.3) is 11.8 Å². The number of hydrogen-bond acceptors (Lipinski definition) is 5. The van der Waals surface area contributed by atoms with E-state index in [2.05, 4.69) is 37.9 Å². The molecule has 0 saturated carbocycles. The van der Waals surface area contributed by atoms with Crippen molar-refractivity contribution >= 4 is 28.3 Å². The van der Waals surface area contributed by atoms with E-state index in [0.29, 0.717) is 29.7 Å². The Labute approximate surface area is 216 Å². The van der Waals surface area contributed by atoms with Gasteiger partial charge in [-0.25, -0.2) is 0 Å². The molecule has 6 nitrogen and oxygen atoms in total. The molecule has 0 aromatic heterocycles. The molecular formula is C30H44N2O4. The monoisotopic (exact) mass is 496 g/mol. The topological polar surface area (TPSA) is 67.9 Å². The summed E-state index contributed by atoms with van der Waals surface area (Å²) in [5.74, 6) is -0.694. The molecule has 2 amide bonds. The molecule has 1 heterocycles. The molecule has 0 bridgehead atoms. The number of carbonyl (C=O) groups excluding carboxylic acids is 2. The van der Waals surface area contributed by atoms with Crippen LogP contribution in [0.4, 0.5) is 5.69 Å². The molecule has 0 radical (unpaired) electrons. The number of rotatable bonds is 17. The number of anilines is 1. The van der Waals surface area contributed by atoms with E-state index in [1.54, 1.807) is 6.07 Å². The SMILES string of the molecule is CCCCCCOC(CC)N(c1ccc2c3c(cccc13)C(=O)NC2=O)C(CC)OCCCCCC. The van der Waals surface area contributed by atoms with E-state index in [-0.39, 0.29) is 24.3 Å². The van der Waals surface area contributed by atoms with Gasteiger partial charge in [-0.2, -0.15) is 0 Å². The Morgan fingerprint density at radius 2 is 1.28 bits per heavy atom. The number of unbranched alkanes of at least 4 members (excludes halogenated alkanes) is 6. The Bertz CT molecular complexity index is 964. The molecule has 0 aliphatic carbocycles. The van der Waals surface area contributed by atoms with Crippen LogP contribution in [0.1, 0.15) is 113 Å². The lowest BCUT2D eigenvalue weighted by Gasteiger charge is -2.40. The molecule has 2 aromatic carbocycles. The molecule has 198 valence electrons. The van der Waals surface area contributed by atoms with Crippen molar-refractivity contribution in [2.24, 2.45) is 0 Å². The summed E-state index contributed by atoms with van der Waals surface area (Å²) in [6, 6.07) is 9.49. The van der Waals surface area contributed by atoms with E-state index < -0.39 is 0 Å². The molecule has 1 aliphatic heterocycles. The number of hydrogen-bond donors (Lipinski definition) is 1. The fourth-order valence-electron chi connectivity index (χ4n) is 5.01. The predicted octanol–water partition coefficient (Wildman–Crippen LogP) is 7.20. The van der Waals surface area contributed by atoms with Gasteiger partial charge < -0.3 is 14.4 Å². The van der Waals surface area contributed by atoms with E-state index in [0.717, 1.165) is 49.6 Å². The van der Waals surface area contributed by atoms with Crippen LogP contribution >= 0.6 is 0 Å². The number of imide groups is 1. The fourth-order valence-corrected chi connectivity index (χ4v) is 5.01. The smallest absolute Gasteiger partial charge is 0.258 e. The predicted molar refractivity (Wildman–Crippen MR) is 147 cm³/mol. The average Bonchev–Trinajstić information content (AvgIpc) is 2.89. The van der Waals surface area contributed by atoms with Gasteiger partial charge in [-0.15, -0.1) is 0 Å². The van der Waals surface area contributed by atoms with Crippen molar-refractivity contribution in [3.8, 4) is 0 Å². The van der Waals surface area contributed by atoms with Crippen LogP contribution in [0.15, 0.2) is 30.3 Å². The van der Waals surface area contributed by atoms with Gasteiger partial charge in [0.1, 0.15) is 12.5 Å². The maximum atomic E-state index is 12.6. The van der Waals surface area contributed by atoms with Crippen LogP contribution < -0.4 is 10.2 Å². The Morgan fingerprint density at radius 3 is 1.81 bits per heavy atom. The molecule has 6 heteroatoms. The first-order chi connectivity index (χ1) is 17.6. The summed E-state index contributed by atoms with van der Waals surface area (Å²) in [5, 5.41) is 4.06. The van der Waals surface area contributed by atoms with Crippen molar-refractivity contribution in [3.63, 3.8) is 0 Å². The van der Waals surface area contributed by atoms with Gasteiger partial charge in [0, 0.05) is 40.8 Å². The van der Waals surface area contributed by atoms with Gasteiger partial charge in [0.15, 0.2) is 0 Å². The Balaban J connectivity index is 1.99. The lowest BCUT2D eigenvalue weighted by molar-refractivity contribution is -0.0184. The third kappa shape index (κ3) is 6.65. The quantitative estimate of drug-likeness (QED) is 0.143. The number of nitrogens with one attached hydrogen (secondary N) is 1. The van der Waals surface area contributed by atoms with E-state index in [9.17, 15) is 9.59 Å². The number of ether oxygens (including phenoxy) is 2. The van der Waals surface area contributed by atoms with Gasteiger partial charge >= 0.3 is 0 Å². The summed E-state index contributed by atoms with van der Waals surface area (Å²) in [6.07, 6.45) is 10.5. The van der Waals surface area contributed by atoms with Crippen molar-refractivity contribution < 1.29 is 19.1 Å². The van der Waals surface area contributed by atoms with Crippen LogP contribution in [0.25, 0.3) is 10.8 Å². The summed E-state index contributed by atoms with van der Waals surface area (Å²) in [7, 11) is 0. The second-order valence-electron chi connectivity index (χ2n) is 9.64. The van der Waals surface area contributed by atoms with E-state index >= 15 is 0 Å². The van der Waals surface area contributed by atoms with Crippen LogP contribution in [-0.4, -0.2) is 37.5 Å². The van der Waals surface area contributed by atoms with Crippen LogP contribution in [0.5, 0.6) is 0 Å². The van der Waals surface area contributed by atoms with Crippen molar-refractivity contribution in [2.75, 3.05) is 18.1 Å². The molecule has 1 N–H and O–H groups in total. The highest BCUT2D eigenvalue weighted by atomic mass is 16.5. The first-order valence-electron chi connectivity index (χ1n) is 14.0. The van der Waals surface area contributed by atoms with Gasteiger partial charge in [-0.3, -0.25) is 14.9 Å². The van der Waals surface area contributed by atoms with E-state index in [1.165, 1.54) is 25.7 Å². The van der Waals surface area contributed by atoms with Crippen LogP contribution in [0, 0.1) is 0 Å². The third-order valence-electron chi connectivity index (χ3n) is 6.95. The molecule has 0 saturated heterocycles. The van der Waals surface area contributed by atoms with Gasteiger partial charge in [0.2, 0.25) is 0 Å². The van der Waals surface area contributed by atoms with Crippen molar-refractivity contribution in [3.05, 3.63) is 41.5 Å². The number of nitrogens with zero attached hydrogens (tertiary/aromatic N) is 1. The maximum Gasteiger partial charge on any atom is 0.258 e. The molecule has 1 aliphatic rings. The minimum absolute atomic E-state index is 0.169. The molecule has 2 atom stereocenters. The molecule has 0 fully saturated rings. The molecule has 36 heavy (non-hydrogen) atoms. The van der Waals surface area contributed by atoms with Gasteiger partial charge in [0.05, 0.1) is 0 Å². The summed E-state index contributed by atoms with van der Waals surface area (Å²) >= 11 is 0. The first-order valence-corrected chi connectivity index (χ1v) is 14.0. The van der Waals surface area contributed by atoms with Crippen LogP contribution in [0.2, 0.25) is 0 Å². The first kappa shape index (κ1) is 28.1. The zero-order valence-electron chi connectivity index (χ0n) is 22.6. The van der Waals surface area contributed by atoms with Crippen molar-refractivity contribution in [1.82, 2.24) is 5.32 Å². The second kappa shape index (κ2) is 14.3. The van der Waals surface area contributed by atoms with Crippen LogP contribution in [-0.2, 0) is 9.47 Å². The lowest BCUT2D eigenvalue weighted by atomic mass is 9.93. The van der Waals surface area contributed by atoms with Crippen molar-refractivity contribution in [2.45, 2.75) is 104 Å². The molecular weight excluding hydrogens is 452 g/mol. The average molecular weight is 497 g/mol. The molecule has 0 spiro atoms. The molecule has 2 aromatic rings. The largest absolute Gasteiger partial charge is 0.358 e. The Morgan fingerprint density at radius 1 is 0.722 bits per heavy atom. The molecule has 2 unspecified atom stereocenters. The minimum Gasteiger partial charge on any atom is -0.358 e. The lowest BCUT2D eigenvalue weighted by Crippen LogP contribution is -2.46. The number of benzene rings is 2.